The number of amides is 1. The van der Waals surface area contributed by atoms with Crippen LogP contribution in [0.4, 0.5) is 18.9 Å². The average molecular weight is 449 g/mol. The highest BCUT2D eigenvalue weighted by Gasteiger charge is 2.49. The molecule has 3 aliphatic heterocycles. The van der Waals surface area contributed by atoms with Gasteiger partial charge in [-0.15, -0.1) is 0 Å². The maximum atomic E-state index is 13.1. The predicted octanol–water partition coefficient (Wildman–Crippen LogP) is 3.63. The Bertz CT molecular complexity index is 722. The van der Waals surface area contributed by atoms with Crippen LogP contribution in [0.25, 0.3) is 0 Å². The van der Waals surface area contributed by atoms with Gasteiger partial charge >= 0.3 is 12.1 Å². The summed E-state index contributed by atoms with van der Waals surface area (Å²) < 4.78 is 37.2. The second kappa shape index (κ2) is 9.65. The lowest BCUT2D eigenvalue weighted by atomic mass is 9.78. The summed E-state index contributed by atoms with van der Waals surface area (Å²) in [5, 5.41) is 11.3. The molecule has 0 aromatic carbocycles. The van der Waals surface area contributed by atoms with Gasteiger partial charge in [-0.25, -0.2) is 4.79 Å². The fraction of sp³-hybridized carbons (Fsp3) is 0.700. The van der Waals surface area contributed by atoms with Gasteiger partial charge in [0.25, 0.3) is 0 Å². The normalized spacial score (nSPS) is 26.0. The van der Waals surface area contributed by atoms with Crippen molar-refractivity contribution in [2.45, 2.75) is 38.3 Å². The second-order valence-electron chi connectivity index (χ2n) is 8.17. The lowest BCUT2D eigenvalue weighted by molar-refractivity contribution is -0.192. The topological polar surface area (TPSA) is 70.1 Å². The average Bonchev–Trinajstić information content (AvgIpc) is 3.32. The molecule has 3 saturated heterocycles. The summed E-state index contributed by atoms with van der Waals surface area (Å²) in [6.45, 7) is 5.98. The van der Waals surface area contributed by atoms with Gasteiger partial charge in [0.05, 0.1) is 11.1 Å². The Kier molecular flexibility index (Phi) is 7.41. The van der Waals surface area contributed by atoms with Crippen molar-refractivity contribution in [1.29, 1.82) is 0 Å². The first-order chi connectivity index (χ1) is 14.2. The number of carbonyl (C=O) groups excluding carboxylic acids is 1. The number of carboxylic acid groups (broad SMARTS) is 1. The molecule has 1 unspecified atom stereocenters. The minimum atomic E-state index is -5.08. The Hall–Kier alpha value is -1.65. The van der Waals surface area contributed by atoms with Crippen LogP contribution >= 0.6 is 11.3 Å². The van der Waals surface area contributed by atoms with Gasteiger partial charge in [0.15, 0.2) is 0 Å². The van der Waals surface area contributed by atoms with Gasteiger partial charge in [0.2, 0.25) is 5.91 Å². The zero-order chi connectivity index (χ0) is 21.8. The molecular weight excluding hydrogens is 421 g/mol. The standard InChI is InChI=1S/C18H26N2O2S.C2HF3O2/c21-17-18(6-8-20(17)16-4-11-23-13-16)5-1-7-19(14-18)12-15-2-9-22-10-3-15;3-2(4,5)1(6)7/h4,11,13,15H,1-3,5-10,12,14H2;(H,6,7). The number of carboxylic acids is 1. The minimum absolute atomic E-state index is 0.120. The molecule has 1 atom stereocenters. The Morgan fingerprint density at radius 2 is 1.97 bits per heavy atom. The fourth-order valence-corrected chi connectivity index (χ4v) is 5.18. The summed E-state index contributed by atoms with van der Waals surface area (Å²) in [6, 6.07) is 2.07. The molecule has 1 N–H and O–H groups in total. The Morgan fingerprint density at radius 1 is 1.27 bits per heavy atom. The van der Waals surface area contributed by atoms with E-state index in [1.54, 1.807) is 11.3 Å². The van der Waals surface area contributed by atoms with Crippen molar-refractivity contribution in [3.63, 3.8) is 0 Å². The predicted molar refractivity (Wildman–Crippen MR) is 107 cm³/mol. The summed E-state index contributed by atoms with van der Waals surface area (Å²) >= 11 is 1.67. The molecule has 0 bridgehead atoms. The van der Waals surface area contributed by atoms with Crippen molar-refractivity contribution >= 4 is 28.9 Å². The number of likely N-dealkylation sites (tertiary alicyclic amines) is 1. The van der Waals surface area contributed by atoms with Crippen molar-refractivity contribution in [2.75, 3.05) is 44.3 Å². The second-order valence-corrected chi connectivity index (χ2v) is 8.95. The van der Waals surface area contributed by atoms with Gasteiger partial charge in [0, 0.05) is 38.2 Å². The van der Waals surface area contributed by atoms with E-state index in [2.05, 4.69) is 21.7 Å². The van der Waals surface area contributed by atoms with Gasteiger partial charge in [-0.2, -0.15) is 24.5 Å². The largest absolute Gasteiger partial charge is 0.490 e. The van der Waals surface area contributed by atoms with Crippen molar-refractivity contribution in [3.05, 3.63) is 16.8 Å². The summed E-state index contributed by atoms with van der Waals surface area (Å²) in [7, 11) is 0. The quantitative estimate of drug-likeness (QED) is 0.765. The maximum Gasteiger partial charge on any atom is 0.490 e. The number of hydrogen-bond acceptors (Lipinski definition) is 5. The van der Waals surface area contributed by atoms with Crippen LogP contribution in [0.2, 0.25) is 0 Å². The van der Waals surface area contributed by atoms with Crippen LogP contribution in [0.3, 0.4) is 0 Å². The van der Waals surface area contributed by atoms with Gasteiger partial charge in [-0.1, -0.05) is 0 Å². The zero-order valence-electron chi connectivity index (χ0n) is 16.7. The molecule has 4 heterocycles. The molecule has 168 valence electrons. The van der Waals surface area contributed by atoms with Crippen LogP contribution in [0.5, 0.6) is 0 Å². The zero-order valence-corrected chi connectivity index (χ0v) is 17.5. The highest BCUT2D eigenvalue weighted by Crippen LogP contribution is 2.42. The first-order valence-electron chi connectivity index (χ1n) is 10.2. The monoisotopic (exact) mass is 448 g/mol. The molecule has 3 fully saturated rings. The van der Waals surface area contributed by atoms with E-state index in [4.69, 9.17) is 14.6 Å². The molecule has 1 aromatic heterocycles. The van der Waals surface area contributed by atoms with Crippen LogP contribution in [0.1, 0.15) is 32.1 Å². The van der Waals surface area contributed by atoms with E-state index < -0.39 is 12.1 Å². The molecular formula is C20H27F3N2O4S. The number of rotatable bonds is 3. The Balaban J connectivity index is 0.000000318. The minimum Gasteiger partial charge on any atom is -0.475 e. The summed E-state index contributed by atoms with van der Waals surface area (Å²) in [6.07, 6.45) is 0.520. The molecule has 3 aliphatic rings. The smallest absolute Gasteiger partial charge is 0.475 e. The van der Waals surface area contributed by atoms with Gasteiger partial charge in [0.1, 0.15) is 0 Å². The highest BCUT2D eigenvalue weighted by atomic mass is 32.1. The third-order valence-electron chi connectivity index (χ3n) is 6.09. The van der Waals surface area contributed by atoms with Gasteiger partial charge in [-0.05, 0) is 56.0 Å². The van der Waals surface area contributed by atoms with Crippen LogP contribution in [0.15, 0.2) is 16.8 Å². The van der Waals surface area contributed by atoms with Crippen LogP contribution in [-0.2, 0) is 14.3 Å². The van der Waals surface area contributed by atoms with Crippen LogP contribution in [0, 0.1) is 11.3 Å². The first kappa shape index (κ1) is 23.0. The van der Waals surface area contributed by atoms with Gasteiger partial charge in [-0.3, -0.25) is 4.79 Å². The number of anilines is 1. The third kappa shape index (κ3) is 5.53. The number of ether oxygens (including phenoxy) is 1. The van der Waals surface area contributed by atoms with E-state index in [-0.39, 0.29) is 5.41 Å². The van der Waals surface area contributed by atoms with Crippen molar-refractivity contribution < 1.29 is 32.6 Å². The molecule has 10 heteroatoms. The van der Waals surface area contributed by atoms with Crippen molar-refractivity contribution in [3.8, 4) is 0 Å². The summed E-state index contributed by atoms with van der Waals surface area (Å²) in [5.74, 6) is -1.64. The molecule has 0 saturated carbocycles. The number of halogens is 3. The van der Waals surface area contributed by atoms with Crippen LogP contribution < -0.4 is 4.90 Å². The van der Waals surface area contributed by atoms with E-state index in [1.165, 1.54) is 12.8 Å². The number of nitrogens with zero attached hydrogens (tertiary/aromatic N) is 2. The van der Waals surface area contributed by atoms with E-state index in [9.17, 15) is 18.0 Å². The lowest BCUT2D eigenvalue weighted by Crippen LogP contribution is -2.49. The molecule has 1 amide bonds. The molecule has 6 nitrogen and oxygen atoms in total. The SMILES string of the molecule is O=C(O)C(F)(F)F.O=C1N(c2ccsc2)CCC12CCCN(CC1CCOCC1)C2. The van der Waals surface area contributed by atoms with E-state index in [0.29, 0.717) is 5.91 Å². The molecule has 0 radical (unpaired) electrons. The molecule has 1 aromatic rings. The van der Waals surface area contributed by atoms with E-state index in [0.717, 1.165) is 70.3 Å². The molecule has 30 heavy (non-hydrogen) atoms. The first-order valence-corrected chi connectivity index (χ1v) is 11.1. The number of piperidine rings is 1. The van der Waals surface area contributed by atoms with Crippen molar-refractivity contribution in [2.24, 2.45) is 11.3 Å². The van der Waals surface area contributed by atoms with E-state index >= 15 is 0 Å². The lowest BCUT2D eigenvalue weighted by Gasteiger charge is -2.40. The maximum absolute atomic E-state index is 13.1. The number of hydrogen-bond donors (Lipinski definition) is 1. The number of aliphatic carboxylic acids is 1. The fourth-order valence-electron chi connectivity index (χ4n) is 4.53. The Morgan fingerprint density at radius 3 is 2.57 bits per heavy atom. The number of carbonyl (C=O) groups is 2. The summed E-state index contributed by atoms with van der Waals surface area (Å²) in [5.41, 5.74) is 0.976. The molecule has 0 aliphatic carbocycles. The highest BCUT2D eigenvalue weighted by molar-refractivity contribution is 7.08. The number of alkyl halides is 3. The Labute approximate surface area is 177 Å². The third-order valence-corrected chi connectivity index (χ3v) is 6.76. The molecule has 4 rings (SSSR count). The van der Waals surface area contributed by atoms with Gasteiger partial charge < -0.3 is 19.6 Å². The van der Waals surface area contributed by atoms with E-state index in [1.807, 2.05) is 4.90 Å². The molecule has 1 spiro atoms. The van der Waals surface area contributed by atoms with Crippen LogP contribution in [-0.4, -0.2) is 67.5 Å². The summed E-state index contributed by atoms with van der Waals surface area (Å²) in [4.78, 5) is 26.6. The van der Waals surface area contributed by atoms with Crippen molar-refractivity contribution in [1.82, 2.24) is 4.90 Å². The number of thiophene rings is 1.